The van der Waals surface area contributed by atoms with Crippen molar-refractivity contribution in [3.05, 3.63) is 77.6 Å². The zero-order valence-corrected chi connectivity index (χ0v) is 12.8. The molecule has 0 radical (unpaired) electrons. The minimum Gasteiger partial charge on any atom is -0.347 e. The molecule has 0 spiro atoms. The van der Waals surface area contributed by atoms with Crippen LogP contribution in [0.3, 0.4) is 0 Å². The minimum absolute atomic E-state index is 0.00416. The number of hydrogen-bond acceptors (Lipinski definition) is 4. The lowest BCUT2D eigenvalue weighted by Crippen LogP contribution is -2.23. The van der Waals surface area contributed by atoms with Crippen LogP contribution < -0.4 is 5.32 Å². The Kier molecular flexibility index (Phi) is 4.59. The van der Waals surface area contributed by atoms with Gasteiger partial charge >= 0.3 is 0 Å². The van der Waals surface area contributed by atoms with Gasteiger partial charge in [-0.3, -0.25) is 9.78 Å². The smallest absolute Gasteiger partial charge is 0.262 e. The molecule has 5 heteroatoms. The van der Waals surface area contributed by atoms with Crippen LogP contribution >= 0.6 is 0 Å². The van der Waals surface area contributed by atoms with Gasteiger partial charge in [0.05, 0.1) is 22.9 Å². The van der Waals surface area contributed by atoms with Crippen molar-refractivity contribution >= 4 is 23.0 Å². The highest BCUT2D eigenvalue weighted by Crippen LogP contribution is 2.11. The summed E-state index contributed by atoms with van der Waals surface area (Å²) in [6.45, 7) is 0.363. The number of fused-ring (bicyclic) bond motifs is 1. The van der Waals surface area contributed by atoms with E-state index in [2.05, 4.69) is 15.3 Å². The fraction of sp³-hybridized carbons (Fsp3) is 0.0526. The van der Waals surface area contributed by atoms with Crippen LogP contribution in [0.4, 0.5) is 0 Å². The molecule has 0 saturated heterocycles. The van der Waals surface area contributed by atoms with Gasteiger partial charge in [0.2, 0.25) is 0 Å². The van der Waals surface area contributed by atoms with Gasteiger partial charge < -0.3 is 5.32 Å². The molecule has 0 unspecified atom stereocenters. The van der Waals surface area contributed by atoms with E-state index in [1.165, 1.54) is 6.08 Å². The molecule has 3 rings (SSSR count). The Morgan fingerprint density at radius 1 is 1.08 bits per heavy atom. The first kappa shape index (κ1) is 15.4. The van der Waals surface area contributed by atoms with Crippen LogP contribution in [0.2, 0.25) is 0 Å². The second kappa shape index (κ2) is 7.16. The molecule has 1 aromatic heterocycles. The first-order valence-corrected chi connectivity index (χ1v) is 7.42. The molecule has 1 amide bonds. The molecule has 0 fully saturated rings. The fourth-order valence-electron chi connectivity index (χ4n) is 2.21. The standard InChI is InChI=1S/C19H14N4O/c20-11-15(19(24)22-12-14-6-2-1-3-7-14)10-16-13-21-17-8-4-5-9-18(17)23-16/h1-10,13H,12H2,(H,22,24)/b15-10+. The maximum atomic E-state index is 12.2. The highest BCUT2D eigenvalue weighted by molar-refractivity contribution is 6.01. The summed E-state index contributed by atoms with van der Waals surface area (Å²) in [6.07, 6.45) is 2.99. The van der Waals surface area contributed by atoms with Gasteiger partial charge in [0.1, 0.15) is 11.6 Å². The summed E-state index contributed by atoms with van der Waals surface area (Å²) in [5, 5.41) is 12.0. The molecule has 0 aliphatic rings. The summed E-state index contributed by atoms with van der Waals surface area (Å²) >= 11 is 0. The Balaban J connectivity index is 1.77. The number of benzene rings is 2. The lowest BCUT2D eigenvalue weighted by Gasteiger charge is -2.04. The van der Waals surface area contributed by atoms with Crippen LogP contribution in [-0.4, -0.2) is 15.9 Å². The molecule has 0 atom stereocenters. The van der Waals surface area contributed by atoms with Crippen molar-refractivity contribution in [1.82, 2.24) is 15.3 Å². The molecule has 2 aromatic carbocycles. The predicted octanol–water partition coefficient (Wildman–Crippen LogP) is 2.85. The number of aromatic nitrogens is 2. The van der Waals surface area contributed by atoms with Crippen LogP contribution in [0.25, 0.3) is 17.1 Å². The van der Waals surface area contributed by atoms with E-state index in [4.69, 9.17) is 0 Å². The second-order valence-corrected chi connectivity index (χ2v) is 5.12. The summed E-state index contributed by atoms with van der Waals surface area (Å²) < 4.78 is 0. The van der Waals surface area contributed by atoms with E-state index in [0.29, 0.717) is 17.8 Å². The molecule has 0 bridgehead atoms. The number of nitriles is 1. The number of carbonyl (C=O) groups is 1. The highest BCUT2D eigenvalue weighted by atomic mass is 16.1. The molecule has 1 N–H and O–H groups in total. The van der Waals surface area contributed by atoms with Crippen molar-refractivity contribution in [1.29, 1.82) is 5.26 Å². The molecule has 0 aliphatic heterocycles. The zero-order valence-electron chi connectivity index (χ0n) is 12.8. The third-order valence-electron chi connectivity index (χ3n) is 3.42. The Morgan fingerprint density at radius 3 is 2.54 bits per heavy atom. The monoisotopic (exact) mass is 314 g/mol. The van der Waals surface area contributed by atoms with Crippen molar-refractivity contribution in [3.8, 4) is 6.07 Å². The topological polar surface area (TPSA) is 78.7 Å². The SMILES string of the molecule is N#C/C(=C\c1cnc2ccccc2n1)C(=O)NCc1ccccc1. The maximum absolute atomic E-state index is 12.2. The van der Waals surface area contributed by atoms with E-state index in [9.17, 15) is 10.1 Å². The number of carbonyl (C=O) groups excluding carboxylic acids is 1. The fourth-order valence-corrected chi connectivity index (χ4v) is 2.21. The summed E-state index contributed by atoms with van der Waals surface area (Å²) in [4.78, 5) is 20.8. The van der Waals surface area contributed by atoms with E-state index >= 15 is 0 Å². The van der Waals surface area contributed by atoms with E-state index in [1.54, 1.807) is 6.20 Å². The van der Waals surface area contributed by atoms with Crippen molar-refractivity contribution in [3.63, 3.8) is 0 Å². The average molecular weight is 314 g/mol. The number of para-hydroxylation sites is 2. The van der Waals surface area contributed by atoms with Gasteiger partial charge in [-0.15, -0.1) is 0 Å². The van der Waals surface area contributed by atoms with Gasteiger partial charge in [0, 0.05) is 6.54 Å². The molecule has 116 valence electrons. The van der Waals surface area contributed by atoms with Crippen molar-refractivity contribution in [2.24, 2.45) is 0 Å². The quantitative estimate of drug-likeness (QED) is 0.593. The number of rotatable bonds is 4. The largest absolute Gasteiger partial charge is 0.347 e. The van der Waals surface area contributed by atoms with E-state index in [1.807, 2.05) is 60.7 Å². The minimum atomic E-state index is -0.434. The van der Waals surface area contributed by atoms with Crippen LogP contribution in [0.1, 0.15) is 11.3 Å². The summed E-state index contributed by atoms with van der Waals surface area (Å²) in [6, 6.07) is 18.9. The van der Waals surface area contributed by atoms with Crippen LogP contribution in [0, 0.1) is 11.3 Å². The van der Waals surface area contributed by atoms with Gasteiger partial charge in [0.15, 0.2) is 0 Å². The predicted molar refractivity (Wildman–Crippen MR) is 91.4 cm³/mol. The third kappa shape index (κ3) is 3.62. The number of hydrogen-bond donors (Lipinski definition) is 1. The summed E-state index contributed by atoms with van der Waals surface area (Å²) in [5.74, 6) is -0.434. The molecule has 3 aromatic rings. The molecular formula is C19H14N4O. The normalized spacial score (nSPS) is 11.0. The Bertz CT molecular complexity index is 942. The van der Waals surface area contributed by atoms with E-state index in [0.717, 1.165) is 11.1 Å². The number of amides is 1. The van der Waals surface area contributed by atoms with Crippen LogP contribution in [-0.2, 0) is 11.3 Å². The maximum Gasteiger partial charge on any atom is 0.262 e. The Labute approximate surface area is 139 Å². The van der Waals surface area contributed by atoms with Gasteiger partial charge in [-0.05, 0) is 23.8 Å². The van der Waals surface area contributed by atoms with Gasteiger partial charge in [-0.25, -0.2) is 4.98 Å². The number of nitrogens with zero attached hydrogens (tertiary/aromatic N) is 3. The summed E-state index contributed by atoms with van der Waals surface area (Å²) in [7, 11) is 0. The first-order chi connectivity index (χ1) is 11.8. The molecule has 5 nitrogen and oxygen atoms in total. The van der Waals surface area contributed by atoms with Gasteiger partial charge in [0.25, 0.3) is 5.91 Å². The van der Waals surface area contributed by atoms with Crippen LogP contribution in [0.5, 0.6) is 0 Å². The molecule has 0 aliphatic carbocycles. The third-order valence-corrected chi connectivity index (χ3v) is 3.42. The first-order valence-electron chi connectivity index (χ1n) is 7.42. The lowest BCUT2D eigenvalue weighted by atomic mass is 10.2. The van der Waals surface area contributed by atoms with E-state index < -0.39 is 5.91 Å². The molecule has 1 heterocycles. The lowest BCUT2D eigenvalue weighted by molar-refractivity contribution is -0.117. The Morgan fingerprint density at radius 2 is 1.79 bits per heavy atom. The van der Waals surface area contributed by atoms with Gasteiger partial charge in [-0.1, -0.05) is 42.5 Å². The average Bonchev–Trinajstić information content (AvgIpc) is 2.65. The molecule has 24 heavy (non-hydrogen) atoms. The second-order valence-electron chi connectivity index (χ2n) is 5.12. The van der Waals surface area contributed by atoms with Crippen molar-refractivity contribution < 1.29 is 4.79 Å². The summed E-state index contributed by atoms with van der Waals surface area (Å²) in [5.41, 5.74) is 2.92. The zero-order chi connectivity index (χ0) is 16.8. The van der Waals surface area contributed by atoms with Crippen molar-refractivity contribution in [2.75, 3.05) is 0 Å². The number of nitrogens with one attached hydrogen (secondary N) is 1. The van der Waals surface area contributed by atoms with E-state index in [-0.39, 0.29) is 5.57 Å². The molecular weight excluding hydrogens is 300 g/mol. The van der Waals surface area contributed by atoms with Crippen LogP contribution in [0.15, 0.2) is 66.4 Å². The molecule has 0 saturated carbocycles. The highest BCUT2D eigenvalue weighted by Gasteiger charge is 2.09. The Hall–Kier alpha value is -3.52. The van der Waals surface area contributed by atoms with Crippen molar-refractivity contribution in [2.45, 2.75) is 6.54 Å². The van der Waals surface area contributed by atoms with Gasteiger partial charge in [-0.2, -0.15) is 5.26 Å².